The smallest absolute Gasteiger partial charge is 0.355 e. The van der Waals surface area contributed by atoms with Gasteiger partial charge in [-0.15, -0.1) is 11.3 Å². The zero-order valence-corrected chi connectivity index (χ0v) is 12.5. The predicted molar refractivity (Wildman–Crippen MR) is 84.1 cm³/mol. The van der Waals surface area contributed by atoms with Crippen LogP contribution in [0.1, 0.15) is 10.4 Å². The molecule has 0 aliphatic heterocycles. The first kappa shape index (κ1) is 13.1. The van der Waals surface area contributed by atoms with Crippen LogP contribution in [-0.4, -0.2) is 9.55 Å². The maximum atomic E-state index is 12.2. The molecule has 0 atom stereocenters. The van der Waals surface area contributed by atoms with Crippen molar-refractivity contribution in [3.63, 3.8) is 0 Å². The lowest BCUT2D eigenvalue weighted by Gasteiger charge is -2.10. The SMILES string of the molecule is Cc1sc2nc(=O)n(-c3cccc(Cl)c3)c(N)c2c1C. The van der Waals surface area contributed by atoms with Gasteiger partial charge in [-0.3, -0.25) is 0 Å². The fourth-order valence-corrected chi connectivity index (χ4v) is 3.42. The van der Waals surface area contributed by atoms with Gasteiger partial charge in [0.2, 0.25) is 0 Å². The van der Waals surface area contributed by atoms with E-state index in [1.807, 2.05) is 13.8 Å². The third kappa shape index (κ3) is 1.90. The first-order valence-electron chi connectivity index (χ1n) is 6.03. The van der Waals surface area contributed by atoms with Crippen molar-refractivity contribution in [3.8, 4) is 5.69 Å². The van der Waals surface area contributed by atoms with Crippen LogP contribution in [0, 0.1) is 13.8 Å². The van der Waals surface area contributed by atoms with E-state index in [0.29, 0.717) is 21.4 Å². The Kier molecular flexibility index (Phi) is 3.03. The summed E-state index contributed by atoms with van der Waals surface area (Å²) >= 11 is 7.46. The summed E-state index contributed by atoms with van der Waals surface area (Å²) in [7, 11) is 0. The van der Waals surface area contributed by atoms with Crippen molar-refractivity contribution in [2.24, 2.45) is 0 Å². The molecule has 3 aromatic rings. The van der Waals surface area contributed by atoms with Crippen LogP contribution in [0.25, 0.3) is 15.9 Å². The van der Waals surface area contributed by atoms with Gasteiger partial charge in [0.05, 0.1) is 11.1 Å². The molecule has 1 aromatic carbocycles. The van der Waals surface area contributed by atoms with Crippen LogP contribution in [0.15, 0.2) is 29.1 Å². The van der Waals surface area contributed by atoms with Crippen LogP contribution in [-0.2, 0) is 0 Å². The molecule has 0 aliphatic carbocycles. The number of aromatic nitrogens is 2. The third-order valence-corrected chi connectivity index (χ3v) is 4.65. The number of halogens is 1. The Hall–Kier alpha value is -1.85. The molecular weight excluding hydrogens is 294 g/mol. The molecule has 0 spiro atoms. The Morgan fingerprint density at radius 1 is 1.35 bits per heavy atom. The topological polar surface area (TPSA) is 60.9 Å². The largest absolute Gasteiger partial charge is 0.384 e. The molecule has 0 fully saturated rings. The van der Waals surface area contributed by atoms with Crippen LogP contribution < -0.4 is 11.4 Å². The molecule has 20 heavy (non-hydrogen) atoms. The maximum absolute atomic E-state index is 12.2. The number of thiophene rings is 1. The number of aryl methyl sites for hydroxylation is 2. The molecule has 2 aromatic heterocycles. The lowest BCUT2D eigenvalue weighted by Crippen LogP contribution is -2.23. The number of fused-ring (bicyclic) bond motifs is 1. The highest BCUT2D eigenvalue weighted by molar-refractivity contribution is 7.18. The second kappa shape index (κ2) is 4.61. The van der Waals surface area contributed by atoms with Crippen LogP contribution in [0.2, 0.25) is 5.02 Å². The van der Waals surface area contributed by atoms with Gasteiger partial charge in [-0.05, 0) is 37.6 Å². The summed E-state index contributed by atoms with van der Waals surface area (Å²) in [5.41, 5.74) is 7.50. The van der Waals surface area contributed by atoms with Crippen molar-refractivity contribution >= 4 is 39.0 Å². The van der Waals surface area contributed by atoms with E-state index in [4.69, 9.17) is 17.3 Å². The van der Waals surface area contributed by atoms with E-state index in [1.54, 1.807) is 24.3 Å². The first-order chi connectivity index (χ1) is 9.49. The van der Waals surface area contributed by atoms with Crippen molar-refractivity contribution in [3.05, 3.63) is 50.2 Å². The van der Waals surface area contributed by atoms with Crippen LogP contribution >= 0.6 is 22.9 Å². The summed E-state index contributed by atoms with van der Waals surface area (Å²) < 4.78 is 1.40. The van der Waals surface area contributed by atoms with Crippen molar-refractivity contribution in [1.29, 1.82) is 0 Å². The maximum Gasteiger partial charge on any atom is 0.355 e. The highest BCUT2D eigenvalue weighted by Crippen LogP contribution is 2.32. The van der Waals surface area contributed by atoms with E-state index in [9.17, 15) is 4.79 Å². The highest BCUT2D eigenvalue weighted by Gasteiger charge is 2.15. The van der Waals surface area contributed by atoms with E-state index in [2.05, 4.69) is 4.98 Å². The summed E-state index contributed by atoms with van der Waals surface area (Å²) in [5.74, 6) is 0.407. The number of hydrogen-bond donors (Lipinski definition) is 1. The Balaban J connectivity index is 2.42. The molecule has 0 unspecified atom stereocenters. The van der Waals surface area contributed by atoms with Crippen molar-refractivity contribution in [1.82, 2.24) is 9.55 Å². The molecule has 2 N–H and O–H groups in total. The minimum Gasteiger partial charge on any atom is -0.384 e. The second-order valence-electron chi connectivity index (χ2n) is 4.56. The van der Waals surface area contributed by atoms with Crippen LogP contribution in [0.4, 0.5) is 5.82 Å². The molecule has 0 amide bonds. The van der Waals surface area contributed by atoms with Crippen LogP contribution in [0.5, 0.6) is 0 Å². The molecule has 0 bridgehead atoms. The summed E-state index contributed by atoms with van der Waals surface area (Å²) in [6.07, 6.45) is 0. The average molecular weight is 306 g/mol. The van der Waals surface area contributed by atoms with Gasteiger partial charge in [-0.1, -0.05) is 17.7 Å². The lowest BCUT2D eigenvalue weighted by atomic mass is 10.2. The zero-order valence-electron chi connectivity index (χ0n) is 11.0. The van der Waals surface area contributed by atoms with Gasteiger partial charge in [-0.25, -0.2) is 9.36 Å². The predicted octanol–water partition coefficient (Wildman–Crippen LogP) is 3.30. The number of benzene rings is 1. The highest BCUT2D eigenvalue weighted by atomic mass is 35.5. The summed E-state index contributed by atoms with van der Waals surface area (Å²) in [6, 6.07) is 7.00. The second-order valence-corrected chi connectivity index (χ2v) is 6.20. The molecule has 0 aliphatic rings. The van der Waals surface area contributed by atoms with Gasteiger partial charge in [0.15, 0.2) is 0 Å². The molecule has 0 radical (unpaired) electrons. The summed E-state index contributed by atoms with van der Waals surface area (Å²) in [4.78, 5) is 18.1. The number of anilines is 1. The van der Waals surface area contributed by atoms with Gasteiger partial charge in [0, 0.05) is 9.90 Å². The minimum atomic E-state index is -0.390. The Bertz CT molecular complexity index is 882. The fraction of sp³-hybridized carbons (Fsp3) is 0.143. The monoisotopic (exact) mass is 305 g/mol. The number of nitrogens with zero attached hydrogens (tertiary/aromatic N) is 2. The number of nitrogen functional groups attached to an aromatic ring is 1. The molecule has 0 saturated heterocycles. The number of nitrogens with two attached hydrogens (primary N) is 1. The third-order valence-electron chi connectivity index (χ3n) is 3.32. The van der Waals surface area contributed by atoms with Crippen molar-refractivity contribution in [2.75, 3.05) is 5.73 Å². The van der Waals surface area contributed by atoms with E-state index in [0.717, 1.165) is 15.8 Å². The first-order valence-corrected chi connectivity index (χ1v) is 7.22. The summed E-state index contributed by atoms with van der Waals surface area (Å²) in [5, 5.41) is 1.39. The minimum absolute atomic E-state index is 0.390. The van der Waals surface area contributed by atoms with Crippen molar-refractivity contribution < 1.29 is 0 Å². The van der Waals surface area contributed by atoms with Gasteiger partial charge in [0.25, 0.3) is 0 Å². The van der Waals surface area contributed by atoms with E-state index in [-0.39, 0.29) is 0 Å². The van der Waals surface area contributed by atoms with Gasteiger partial charge < -0.3 is 5.73 Å². The molecule has 0 saturated carbocycles. The molecular formula is C14H12ClN3OS. The molecule has 102 valence electrons. The number of rotatable bonds is 1. The molecule has 6 heteroatoms. The quantitative estimate of drug-likeness (QED) is 0.750. The van der Waals surface area contributed by atoms with Gasteiger partial charge >= 0.3 is 5.69 Å². The Morgan fingerprint density at radius 3 is 2.80 bits per heavy atom. The van der Waals surface area contributed by atoms with E-state index in [1.165, 1.54) is 15.9 Å². The molecule has 2 heterocycles. The average Bonchev–Trinajstić information content (AvgIpc) is 2.65. The fourth-order valence-electron chi connectivity index (χ4n) is 2.21. The van der Waals surface area contributed by atoms with Crippen LogP contribution in [0.3, 0.4) is 0 Å². The van der Waals surface area contributed by atoms with E-state index < -0.39 is 5.69 Å². The normalized spacial score (nSPS) is 11.2. The van der Waals surface area contributed by atoms with Gasteiger partial charge in [-0.2, -0.15) is 4.98 Å². The molecule has 3 rings (SSSR count). The standard InChI is InChI=1S/C14H12ClN3OS/c1-7-8(2)20-13-11(7)12(16)18(14(19)17-13)10-5-3-4-9(15)6-10/h3-6H,16H2,1-2H3. The summed E-state index contributed by atoms with van der Waals surface area (Å²) in [6.45, 7) is 3.98. The number of hydrogen-bond acceptors (Lipinski definition) is 4. The lowest BCUT2D eigenvalue weighted by molar-refractivity contribution is 0.953. The van der Waals surface area contributed by atoms with E-state index >= 15 is 0 Å². The zero-order chi connectivity index (χ0) is 14.4. The molecule has 4 nitrogen and oxygen atoms in total. The Labute approximate surface area is 124 Å². The van der Waals surface area contributed by atoms with Crippen molar-refractivity contribution in [2.45, 2.75) is 13.8 Å². The Morgan fingerprint density at radius 2 is 2.10 bits per heavy atom. The van der Waals surface area contributed by atoms with Gasteiger partial charge in [0.1, 0.15) is 10.6 Å².